The van der Waals surface area contributed by atoms with Gasteiger partial charge in [0.05, 0.1) is 6.61 Å². The van der Waals surface area contributed by atoms with E-state index in [0.29, 0.717) is 13.0 Å². The lowest BCUT2D eigenvalue weighted by Crippen LogP contribution is -2.03. The van der Waals surface area contributed by atoms with Crippen LogP contribution in [-0.2, 0) is 4.89 Å². The molecule has 50 valence electrons. The van der Waals surface area contributed by atoms with E-state index in [-0.39, 0.29) is 12.5 Å². The molecule has 8 heavy (non-hydrogen) atoms. The lowest BCUT2D eigenvalue weighted by molar-refractivity contribution is -0.244. The van der Waals surface area contributed by atoms with Gasteiger partial charge in [-0.25, -0.2) is 4.89 Å². The predicted molar refractivity (Wildman–Crippen MR) is 29.4 cm³/mol. The Hall–Kier alpha value is -0.120. The zero-order valence-electron chi connectivity index (χ0n) is 5.00. The first-order chi connectivity index (χ1) is 3.81. The van der Waals surface area contributed by atoms with Gasteiger partial charge in [0.15, 0.2) is 0 Å². The second kappa shape index (κ2) is 5.03. The molecule has 2 N–H and O–H groups in total. The van der Waals surface area contributed by atoms with Crippen molar-refractivity contribution in [2.45, 2.75) is 13.3 Å². The van der Waals surface area contributed by atoms with Gasteiger partial charge in [-0.3, -0.25) is 5.26 Å². The summed E-state index contributed by atoms with van der Waals surface area (Å²) in [4.78, 5) is 3.80. The Morgan fingerprint density at radius 3 is 2.62 bits per heavy atom. The topological polar surface area (TPSA) is 49.7 Å². The molecule has 0 aliphatic heterocycles. The normalized spacial score (nSPS) is 13.9. The molecule has 0 radical (unpaired) electrons. The SMILES string of the molecule is CC(CO)CCOO. The minimum atomic E-state index is 0.156. The van der Waals surface area contributed by atoms with Crippen LogP contribution >= 0.6 is 0 Å². The second-order valence-corrected chi connectivity index (χ2v) is 1.91. The van der Waals surface area contributed by atoms with Crippen LogP contribution < -0.4 is 0 Å². The minimum Gasteiger partial charge on any atom is -0.396 e. The molecule has 3 heteroatoms. The van der Waals surface area contributed by atoms with Crippen molar-refractivity contribution in [2.75, 3.05) is 13.2 Å². The highest BCUT2D eigenvalue weighted by Crippen LogP contribution is 1.97. The predicted octanol–water partition coefficient (Wildman–Crippen LogP) is 0.494. The van der Waals surface area contributed by atoms with Gasteiger partial charge in [-0.1, -0.05) is 6.92 Å². The molecule has 3 nitrogen and oxygen atoms in total. The van der Waals surface area contributed by atoms with Crippen LogP contribution in [0.5, 0.6) is 0 Å². The van der Waals surface area contributed by atoms with Crippen LogP contribution in [0.1, 0.15) is 13.3 Å². The van der Waals surface area contributed by atoms with Crippen LogP contribution in [0, 0.1) is 5.92 Å². The number of hydrogen-bond acceptors (Lipinski definition) is 3. The lowest BCUT2D eigenvalue weighted by Gasteiger charge is -2.03. The fraction of sp³-hybridized carbons (Fsp3) is 1.00. The van der Waals surface area contributed by atoms with E-state index in [4.69, 9.17) is 10.4 Å². The molecule has 0 aliphatic carbocycles. The Morgan fingerprint density at radius 2 is 2.25 bits per heavy atom. The van der Waals surface area contributed by atoms with E-state index in [1.807, 2.05) is 6.92 Å². The fourth-order valence-corrected chi connectivity index (χ4v) is 0.345. The second-order valence-electron chi connectivity index (χ2n) is 1.91. The summed E-state index contributed by atoms with van der Waals surface area (Å²) in [5, 5.41) is 16.3. The first-order valence-electron chi connectivity index (χ1n) is 2.68. The molecular formula is C5H12O3. The van der Waals surface area contributed by atoms with Crippen molar-refractivity contribution in [3.05, 3.63) is 0 Å². The molecule has 0 aliphatic rings. The molecule has 0 saturated heterocycles. The Balaban J connectivity index is 2.86. The van der Waals surface area contributed by atoms with Crippen LogP contribution in [0.15, 0.2) is 0 Å². The molecule has 0 heterocycles. The molecule has 0 fully saturated rings. The Labute approximate surface area is 48.8 Å². The van der Waals surface area contributed by atoms with E-state index in [9.17, 15) is 0 Å². The van der Waals surface area contributed by atoms with E-state index in [0.717, 1.165) is 0 Å². The number of hydrogen-bond donors (Lipinski definition) is 2. The largest absolute Gasteiger partial charge is 0.396 e. The molecule has 0 aromatic rings. The van der Waals surface area contributed by atoms with Gasteiger partial charge in [-0.05, 0) is 12.3 Å². The maximum atomic E-state index is 8.42. The van der Waals surface area contributed by atoms with Crippen LogP contribution in [0.4, 0.5) is 0 Å². The zero-order valence-corrected chi connectivity index (χ0v) is 5.00. The van der Waals surface area contributed by atoms with E-state index in [1.165, 1.54) is 0 Å². The highest BCUT2D eigenvalue weighted by Gasteiger charge is 1.97. The van der Waals surface area contributed by atoms with Crippen LogP contribution in [0.3, 0.4) is 0 Å². The molecule has 0 saturated carbocycles. The Kier molecular flexibility index (Phi) is 4.95. The molecule has 0 spiro atoms. The summed E-state index contributed by atoms with van der Waals surface area (Å²) in [6.45, 7) is 2.35. The van der Waals surface area contributed by atoms with Crippen molar-refractivity contribution in [3.8, 4) is 0 Å². The van der Waals surface area contributed by atoms with Crippen LogP contribution in [0.25, 0.3) is 0 Å². The summed E-state index contributed by atoms with van der Waals surface area (Å²) in [5.41, 5.74) is 0. The van der Waals surface area contributed by atoms with Crippen molar-refractivity contribution in [3.63, 3.8) is 0 Å². The van der Waals surface area contributed by atoms with Crippen LogP contribution in [-0.4, -0.2) is 23.6 Å². The average Bonchev–Trinajstić information content (AvgIpc) is 1.83. The first-order valence-corrected chi connectivity index (χ1v) is 2.68. The van der Waals surface area contributed by atoms with Gasteiger partial charge in [-0.15, -0.1) is 0 Å². The van der Waals surface area contributed by atoms with E-state index in [2.05, 4.69) is 4.89 Å². The third-order valence-electron chi connectivity index (χ3n) is 1.01. The number of rotatable bonds is 4. The minimum absolute atomic E-state index is 0.156. The van der Waals surface area contributed by atoms with Gasteiger partial charge in [0.25, 0.3) is 0 Å². The maximum Gasteiger partial charge on any atom is 0.0823 e. The number of aliphatic hydroxyl groups excluding tert-OH is 1. The Bertz CT molecular complexity index is 46.9. The summed E-state index contributed by atoms with van der Waals surface area (Å²) in [5.74, 6) is 0.224. The van der Waals surface area contributed by atoms with Gasteiger partial charge in [-0.2, -0.15) is 0 Å². The molecular weight excluding hydrogens is 108 g/mol. The summed E-state index contributed by atoms with van der Waals surface area (Å²) < 4.78 is 0. The summed E-state index contributed by atoms with van der Waals surface area (Å²) >= 11 is 0. The van der Waals surface area contributed by atoms with E-state index >= 15 is 0 Å². The van der Waals surface area contributed by atoms with Crippen molar-refractivity contribution in [1.82, 2.24) is 0 Å². The maximum absolute atomic E-state index is 8.42. The third kappa shape index (κ3) is 4.05. The third-order valence-corrected chi connectivity index (χ3v) is 1.01. The van der Waals surface area contributed by atoms with Crippen molar-refractivity contribution in [2.24, 2.45) is 5.92 Å². The summed E-state index contributed by atoms with van der Waals surface area (Å²) in [6.07, 6.45) is 0.701. The summed E-state index contributed by atoms with van der Waals surface area (Å²) in [7, 11) is 0. The first kappa shape index (κ1) is 7.88. The van der Waals surface area contributed by atoms with Gasteiger partial charge in [0.1, 0.15) is 0 Å². The highest BCUT2D eigenvalue weighted by atomic mass is 17.1. The molecule has 1 unspecified atom stereocenters. The standard InChI is InChI=1S/C5H12O3/c1-5(4-6)2-3-8-7/h5-7H,2-4H2,1H3. The molecule has 0 aromatic carbocycles. The van der Waals surface area contributed by atoms with Gasteiger partial charge in [0, 0.05) is 6.61 Å². The molecule has 0 rings (SSSR count). The van der Waals surface area contributed by atoms with E-state index in [1.54, 1.807) is 0 Å². The zero-order chi connectivity index (χ0) is 6.41. The van der Waals surface area contributed by atoms with Crippen LogP contribution in [0.2, 0.25) is 0 Å². The van der Waals surface area contributed by atoms with Gasteiger partial charge in [0.2, 0.25) is 0 Å². The van der Waals surface area contributed by atoms with Crippen molar-refractivity contribution < 1.29 is 15.3 Å². The lowest BCUT2D eigenvalue weighted by atomic mass is 10.1. The van der Waals surface area contributed by atoms with E-state index < -0.39 is 0 Å². The monoisotopic (exact) mass is 120 g/mol. The molecule has 0 amide bonds. The smallest absolute Gasteiger partial charge is 0.0823 e. The average molecular weight is 120 g/mol. The van der Waals surface area contributed by atoms with Gasteiger partial charge >= 0.3 is 0 Å². The highest BCUT2D eigenvalue weighted by molar-refractivity contribution is 4.46. The Morgan fingerprint density at radius 1 is 1.62 bits per heavy atom. The number of aliphatic hydroxyl groups is 1. The van der Waals surface area contributed by atoms with Gasteiger partial charge < -0.3 is 5.11 Å². The fourth-order valence-electron chi connectivity index (χ4n) is 0.345. The quantitative estimate of drug-likeness (QED) is 0.419. The molecule has 0 bridgehead atoms. The summed E-state index contributed by atoms with van der Waals surface area (Å²) in [6, 6.07) is 0. The molecule has 1 atom stereocenters. The molecule has 0 aromatic heterocycles. The van der Waals surface area contributed by atoms with Crippen molar-refractivity contribution in [1.29, 1.82) is 0 Å². The van der Waals surface area contributed by atoms with Crippen molar-refractivity contribution >= 4 is 0 Å².